The van der Waals surface area contributed by atoms with Crippen LogP contribution in [0, 0.1) is 12.3 Å². The van der Waals surface area contributed by atoms with Crippen molar-refractivity contribution in [2.45, 2.75) is 33.6 Å². The number of H-pyrrole nitrogens is 1. The molecule has 0 spiro atoms. The summed E-state index contributed by atoms with van der Waals surface area (Å²) in [6, 6.07) is 5.59. The summed E-state index contributed by atoms with van der Waals surface area (Å²) in [6.45, 7) is 6.24. The van der Waals surface area contributed by atoms with Crippen molar-refractivity contribution in [2.24, 2.45) is 5.41 Å². The van der Waals surface area contributed by atoms with Crippen LogP contribution in [0.1, 0.15) is 41.9 Å². The summed E-state index contributed by atoms with van der Waals surface area (Å²) < 4.78 is 2.08. The van der Waals surface area contributed by atoms with E-state index in [4.69, 9.17) is 0 Å². The van der Waals surface area contributed by atoms with Gasteiger partial charge in [0.25, 0.3) is 5.56 Å². The highest BCUT2D eigenvalue weighted by Crippen LogP contribution is 2.38. The Morgan fingerprint density at radius 1 is 1.21 bits per heavy atom. The molecule has 3 aromatic rings. The molecule has 5 heteroatoms. The first kappa shape index (κ1) is 14.9. The van der Waals surface area contributed by atoms with Gasteiger partial charge in [-0.2, -0.15) is 0 Å². The summed E-state index contributed by atoms with van der Waals surface area (Å²) in [5.41, 5.74) is 4.30. The Morgan fingerprint density at radius 2 is 2.00 bits per heavy atom. The van der Waals surface area contributed by atoms with Crippen molar-refractivity contribution in [3.05, 3.63) is 57.9 Å². The highest BCUT2D eigenvalue weighted by Gasteiger charge is 2.34. The predicted octanol–water partition coefficient (Wildman–Crippen LogP) is 3.18. The first-order chi connectivity index (χ1) is 11.4. The van der Waals surface area contributed by atoms with Crippen LogP contribution >= 0.6 is 0 Å². The SMILES string of the molecule is Cc1cn(-c2ccc3c(=O)[nH]cnc3c2)c2c1C(=O)CC(C)(C)C2. The number of ketones is 1. The zero-order valence-corrected chi connectivity index (χ0v) is 14.0. The zero-order valence-electron chi connectivity index (χ0n) is 14.0. The number of benzene rings is 1. The summed E-state index contributed by atoms with van der Waals surface area (Å²) in [5.74, 6) is 0.216. The maximum absolute atomic E-state index is 12.6. The highest BCUT2D eigenvalue weighted by atomic mass is 16.1. The van der Waals surface area contributed by atoms with E-state index >= 15 is 0 Å². The summed E-state index contributed by atoms with van der Waals surface area (Å²) in [4.78, 5) is 31.2. The number of aromatic amines is 1. The molecule has 0 aliphatic heterocycles. The number of nitrogens with one attached hydrogen (secondary N) is 1. The molecular formula is C19H19N3O2. The molecule has 1 aliphatic rings. The molecule has 1 aliphatic carbocycles. The molecule has 122 valence electrons. The minimum atomic E-state index is -0.145. The summed E-state index contributed by atoms with van der Waals surface area (Å²) in [5, 5.41) is 0.565. The molecule has 0 radical (unpaired) electrons. The maximum atomic E-state index is 12.6. The molecule has 1 N–H and O–H groups in total. The number of carbonyl (C=O) groups excluding carboxylic acids is 1. The summed E-state index contributed by atoms with van der Waals surface area (Å²) in [6.07, 6.45) is 4.86. The van der Waals surface area contributed by atoms with E-state index in [0.29, 0.717) is 17.3 Å². The van der Waals surface area contributed by atoms with Gasteiger partial charge in [-0.1, -0.05) is 13.8 Å². The van der Waals surface area contributed by atoms with Crippen LogP contribution in [0.25, 0.3) is 16.6 Å². The number of nitrogens with zero attached hydrogens (tertiary/aromatic N) is 2. The number of aromatic nitrogens is 3. The molecule has 0 unspecified atom stereocenters. The summed E-state index contributed by atoms with van der Waals surface area (Å²) >= 11 is 0. The first-order valence-corrected chi connectivity index (χ1v) is 8.08. The number of hydrogen-bond acceptors (Lipinski definition) is 3. The molecule has 1 aromatic carbocycles. The highest BCUT2D eigenvalue weighted by molar-refractivity contribution is 6.00. The van der Waals surface area contributed by atoms with Gasteiger partial charge in [-0.25, -0.2) is 4.98 Å². The van der Waals surface area contributed by atoms with E-state index in [-0.39, 0.29) is 16.8 Å². The molecule has 4 rings (SSSR count). The molecule has 0 saturated heterocycles. The van der Waals surface area contributed by atoms with Crippen molar-refractivity contribution in [3.8, 4) is 5.69 Å². The fourth-order valence-electron chi connectivity index (χ4n) is 3.71. The van der Waals surface area contributed by atoms with Gasteiger partial charge in [0.2, 0.25) is 0 Å². The Hall–Kier alpha value is -2.69. The minimum Gasteiger partial charge on any atom is -0.320 e. The Bertz CT molecular complexity index is 1040. The van der Waals surface area contributed by atoms with Gasteiger partial charge in [-0.15, -0.1) is 0 Å². The molecule has 5 nitrogen and oxygen atoms in total. The minimum absolute atomic E-state index is 0.0428. The van der Waals surface area contributed by atoms with Crippen molar-refractivity contribution in [1.82, 2.24) is 14.5 Å². The van der Waals surface area contributed by atoms with Crippen LogP contribution in [0.2, 0.25) is 0 Å². The molecule has 2 aromatic heterocycles. The monoisotopic (exact) mass is 321 g/mol. The lowest BCUT2D eigenvalue weighted by Gasteiger charge is -2.30. The van der Waals surface area contributed by atoms with E-state index in [1.54, 1.807) is 6.07 Å². The van der Waals surface area contributed by atoms with Gasteiger partial charge in [0.05, 0.1) is 17.2 Å². The number of rotatable bonds is 1. The Balaban J connectivity index is 1.94. The molecule has 0 saturated carbocycles. The Labute approximate surface area is 139 Å². The van der Waals surface area contributed by atoms with Gasteiger partial charge >= 0.3 is 0 Å². The topological polar surface area (TPSA) is 67.8 Å². The van der Waals surface area contributed by atoms with E-state index in [0.717, 1.165) is 28.9 Å². The van der Waals surface area contributed by atoms with Gasteiger partial charge < -0.3 is 9.55 Å². The Kier molecular flexibility index (Phi) is 3.04. The molecule has 2 heterocycles. The number of Topliss-reactive ketones (excluding diaryl/α,β-unsaturated/α-hetero) is 1. The lowest BCUT2D eigenvalue weighted by Crippen LogP contribution is -2.28. The van der Waals surface area contributed by atoms with Gasteiger partial charge in [-0.05, 0) is 42.5 Å². The molecule has 24 heavy (non-hydrogen) atoms. The second-order valence-electron chi connectivity index (χ2n) is 7.38. The third-order valence-electron chi connectivity index (χ3n) is 4.76. The molecule has 0 atom stereocenters. The third-order valence-corrected chi connectivity index (χ3v) is 4.76. The fraction of sp³-hybridized carbons (Fsp3) is 0.316. The number of hydrogen-bond donors (Lipinski definition) is 1. The fourth-order valence-corrected chi connectivity index (χ4v) is 3.71. The zero-order chi connectivity index (χ0) is 17.1. The number of fused-ring (bicyclic) bond motifs is 2. The van der Waals surface area contributed by atoms with Crippen molar-refractivity contribution in [3.63, 3.8) is 0 Å². The van der Waals surface area contributed by atoms with E-state index in [1.807, 2.05) is 25.3 Å². The van der Waals surface area contributed by atoms with Gasteiger partial charge in [0.1, 0.15) is 0 Å². The quantitative estimate of drug-likeness (QED) is 0.748. The lowest BCUT2D eigenvalue weighted by molar-refractivity contribution is 0.0910. The van der Waals surface area contributed by atoms with Crippen LogP contribution in [0.4, 0.5) is 0 Å². The largest absolute Gasteiger partial charge is 0.320 e. The standard InChI is InChI=1S/C19H19N3O2/c1-11-9-22(15-7-19(2,3)8-16(23)17(11)15)12-4-5-13-14(6-12)20-10-21-18(13)24/h4-6,9-10H,7-8H2,1-3H3,(H,20,21,24). The van der Waals surface area contributed by atoms with Crippen molar-refractivity contribution >= 4 is 16.7 Å². The van der Waals surface area contributed by atoms with Gasteiger partial charge in [0, 0.05) is 29.6 Å². The number of aryl methyl sites for hydroxylation is 1. The first-order valence-electron chi connectivity index (χ1n) is 8.08. The average molecular weight is 321 g/mol. The van der Waals surface area contributed by atoms with Gasteiger partial charge in [0.15, 0.2) is 5.78 Å². The van der Waals surface area contributed by atoms with E-state index < -0.39 is 0 Å². The van der Waals surface area contributed by atoms with E-state index in [1.165, 1.54) is 6.33 Å². The Morgan fingerprint density at radius 3 is 2.79 bits per heavy atom. The van der Waals surface area contributed by atoms with Crippen LogP contribution in [0.3, 0.4) is 0 Å². The van der Waals surface area contributed by atoms with E-state index in [2.05, 4.69) is 28.4 Å². The average Bonchev–Trinajstić information content (AvgIpc) is 2.82. The second-order valence-corrected chi connectivity index (χ2v) is 7.38. The number of carbonyl (C=O) groups is 1. The van der Waals surface area contributed by atoms with Crippen molar-refractivity contribution < 1.29 is 4.79 Å². The van der Waals surface area contributed by atoms with Crippen molar-refractivity contribution in [1.29, 1.82) is 0 Å². The van der Waals surface area contributed by atoms with E-state index in [9.17, 15) is 9.59 Å². The summed E-state index contributed by atoms with van der Waals surface area (Å²) in [7, 11) is 0. The molecular weight excluding hydrogens is 302 g/mol. The lowest BCUT2D eigenvalue weighted by atomic mass is 9.75. The smallest absolute Gasteiger partial charge is 0.258 e. The predicted molar refractivity (Wildman–Crippen MR) is 92.9 cm³/mol. The van der Waals surface area contributed by atoms with Crippen LogP contribution in [0.5, 0.6) is 0 Å². The second kappa shape index (κ2) is 4.90. The van der Waals surface area contributed by atoms with Crippen LogP contribution in [-0.4, -0.2) is 20.3 Å². The maximum Gasteiger partial charge on any atom is 0.258 e. The van der Waals surface area contributed by atoms with Gasteiger partial charge in [-0.3, -0.25) is 9.59 Å². The normalized spacial score (nSPS) is 16.4. The van der Waals surface area contributed by atoms with Crippen LogP contribution in [-0.2, 0) is 6.42 Å². The van der Waals surface area contributed by atoms with Crippen molar-refractivity contribution in [2.75, 3.05) is 0 Å². The molecule has 0 fully saturated rings. The third kappa shape index (κ3) is 2.19. The van der Waals surface area contributed by atoms with Crippen LogP contribution in [0.15, 0.2) is 35.5 Å². The van der Waals surface area contributed by atoms with Crippen LogP contribution < -0.4 is 5.56 Å². The molecule has 0 amide bonds. The molecule has 0 bridgehead atoms.